The van der Waals surface area contributed by atoms with Crippen LogP contribution in [0.2, 0.25) is 0 Å². The second-order valence-corrected chi connectivity index (χ2v) is 5.66. The standard InChI is InChI=1S/C18H20N2O5/c1-10-15(12(3)21)11(2)19-16(10)18(24)25-9-14(22)20-17(23)13-7-5-4-6-8-13/h4-8,12,19,21H,9H2,1-3H3,(H,20,22,23)/t12-/m0/s1. The highest BCUT2D eigenvalue weighted by Gasteiger charge is 2.22. The van der Waals surface area contributed by atoms with Gasteiger partial charge in [-0.25, -0.2) is 4.79 Å². The lowest BCUT2D eigenvalue weighted by Gasteiger charge is -2.07. The van der Waals surface area contributed by atoms with Gasteiger partial charge in [0.1, 0.15) is 5.69 Å². The number of carbonyl (C=O) groups is 3. The molecule has 0 bridgehead atoms. The molecule has 2 rings (SSSR count). The fourth-order valence-electron chi connectivity index (χ4n) is 2.62. The van der Waals surface area contributed by atoms with Crippen LogP contribution in [0.15, 0.2) is 30.3 Å². The maximum atomic E-state index is 12.1. The van der Waals surface area contributed by atoms with Crippen LogP contribution in [0.25, 0.3) is 0 Å². The summed E-state index contributed by atoms with van der Waals surface area (Å²) < 4.78 is 4.94. The highest BCUT2D eigenvalue weighted by atomic mass is 16.5. The van der Waals surface area contributed by atoms with Gasteiger partial charge in [-0.2, -0.15) is 0 Å². The van der Waals surface area contributed by atoms with Crippen LogP contribution in [0, 0.1) is 13.8 Å². The van der Waals surface area contributed by atoms with Gasteiger partial charge in [0.05, 0.1) is 6.10 Å². The highest BCUT2D eigenvalue weighted by molar-refractivity contribution is 6.05. The summed E-state index contributed by atoms with van der Waals surface area (Å²) in [6.45, 7) is 4.43. The molecule has 25 heavy (non-hydrogen) atoms. The minimum atomic E-state index is -0.732. The van der Waals surface area contributed by atoms with Crippen LogP contribution < -0.4 is 5.32 Å². The average Bonchev–Trinajstić information content (AvgIpc) is 2.88. The largest absolute Gasteiger partial charge is 0.451 e. The maximum Gasteiger partial charge on any atom is 0.355 e. The van der Waals surface area contributed by atoms with Gasteiger partial charge >= 0.3 is 5.97 Å². The number of esters is 1. The zero-order chi connectivity index (χ0) is 18.6. The number of benzene rings is 1. The van der Waals surface area contributed by atoms with Crippen LogP contribution in [-0.4, -0.2) is 34.5 Å². The summed E-state index contributed by atoms with van der Waals surface area (Å²) in [6, 6.07) is 8.24. The molecule has 132 valence electrons. The Balaban J connectivity index is 1.95. The van der Waals surface area contributed by atoms with Crippen molar-refractivity contribution in [2.75, 3.05) is 6.61 Å². The number of aromatic amines is 1. The molecule has 0 fully saturated rings. The Hall–Kier alpha value is -2.93. The predicted molar refractivity (Wildman–Crippen MR) is 90.1 cm³/mol. The van der Waals surface area contributed by atoms with Gasteiger partial charge in [0.15, 0.2) is 6.61 Å². The summed E-state index contributed by atoms with van der Waals surface area (Å²) in [5.41, 5.74) is 2.35. The van der Waals surface area contributed by atoms with Crippen molar-refractivity contribution in [1.82, 2.24) is 10.3 Å². The number of aliphatic hydroxyl groups excluding tert-OH is 1. The summed E-state index contributed by atoms with van der Waals surface area (Å²) in [4.78, 5) is 38.6. The molecule has 2 amide bonds. The fourth-order valence-corrected chi connectivity index (χ4v) is 2.62. The third kappa shape index (κ3) is 4.33. The van der Waals surface area contributed by atoms with Crippen molar-refractivity contribution in [2.24, 2.45) is 0 Å². The van der Waals surface area contributed by atoms with Crippen molar-refractivity contribution in [3.8, 4) is 0 Å². The summed E-state index contributed by atoms with van der Waals surface area (Å²) in [7, 11) is 0. The topological polar surface area (TPSA) is 108 Å². The lowest BCUT2D eigenvalue weighted by Crippen LogP contribution is -2.34. The third-order valence-electron chi connectivity index (χ3n) is 3.74. The van der Waals surface area contributed by atoms with Crippen molar-refractivity contribution < 1.29 is 24.2 Å². The Morgan fingerprint density at radius 1 is 1.20 bits per heavy atom. The SMILES string of the molecule is Cc1[nH]c(C(=O)OCC(=O)NC(=O)c2ccccc2)c(C)c1[C@H](C)O. The molecule has 1 aromatic carbocycles. The first-order valence-electron chi connectivity index (χ1n) is 7.74. The van der Waals surface area contributed by atoms with Crippen molar-refractivity contribution >= 4 is 17.8 Å². The lowest BCUT2D eigenvalue weighted by molar-refractivity contribution is -0.123. The number of aryl methyl sites for hydroxylation is 1. The maximum absolute atomic E-state index is 12.1. The number of aromatic nitrogens is 1. The number of ether oxygens (including phenoxy) is 1. The summed E-state index contributed by atoms with van der Waals surface area (Å²) in [6.07, 6.45) is -0.732. The monoisotopic (exact) mass is 344 g/mol. The smallest absolute Gasteiger partial charge is 0.355 e. The number of carbonyl (C=O) groups excluding carboxylic acids is 3. The zero-order valence-electron chi connectivity index (χ0n) is 14.3. The average molecular weight is 344 g/mol. The number of nitrogens with one attached hydrogen (secondary N) is 2. The van der Waals surface area contributed by atoms with E-state index in [0.717, 1.165) is 0 Å². The second-order valence-electron chi connectivity index (χ2n) is 5.66. The van der Waals surface area contributed by atoms with Crippen molar-refractivity contribution in [2.45, 2.75) is 26.9 Å². The molecule has 1 aromatic heterocycles. The van der Waals surface area contributed by atoms with E-state index in [1.54, 1.807) is 51.1 Å². The second kappa shape index (κ2) is 7.76. The zero-order valence-corrected chi connectivity index (χ0v) is 14.3. The Morgan fingerprint density at radius 2 is 1.84 bits per heavy atom. The quantitative estimate of drug-likeness (QED) is 0.717. The molecule has 2 aromatic rings. The van der Waals surface area contributed by atoms with Gasteiger partial charge in [0.2, 0.25) is 0 Å². The van der Waals surface area contributed by atoms with Crippen LogP contribution in [0.3, 0.4) is 0 Å². The fraction of sp³-hybridized carbons (Fsp3) is 0.278. The first-order chi connectivity index (χ1) is 11.8. The van der Waals surface area contributed by atoms with E-state index in [0.29, 0.717) is 22.4 Å². The van der Waals surface area contributed by atoms with Crippen LogP contribution in [0.4, 0.5) is 0 Å². The van der Waals surface area contributed by atoms with Gasteiger partial charge in [0, 0.05) is 16.8 Å². The van der Waals surface area contributed by atoms with Crippen LogP contribution in [0.1, 0.15) is 50.7 Å². The molecule has 0 radical (unpaired) electrons. The van der Waals surface area contributed by atoms with Gasteiger partial charge in [-0.1, -0.05) is 18.2 Å². The number of imide groups is 1. The van der Waals surface area contributed by atoms with Crippen molar-refractivity contribution in [1.29, 1.82) is 0 Å². The Morgan fingerprint density at radius 3 is 2.40 bits per heavy atom. The van der Waals surface area contributed by atoms with Crippen LogP contribution in [-0.2, 0) is 9.53 Å². The number of H-pyrrole nitrogens is 1. The summed E-state index contributed by atoms with van der Waals surface area (Å²) in [5, 5.41) is 11.9. The summed E-state index contributed by atoms with van der Waals surface area (Å²) >= 11 is 0. The minimum absolute atomic E-state index is 0.176. The van der Waals surface area contributed by atoms with E-state index in [4.69, 9.17) is 4.74 Å². The van der Waals surface area contributed by atoms with Gasteiger partial charge in [-0.05, 0) is 38.5 Å². The van der Waals surface area contributed by atoms with E-state index >= 15 is 0 Å². The van der Waals surface area contributed by atoms with Crippen molar-refractivity contribution in [3.63, 3.8) is 0 Å². The normalized spacial score (nSPS) is 11.7. The number of hydrogen-bond donors (Lipinski definition) is 3. The first kappa shape index (κ1) is 18.4. The minimum Gasteiger partial charge on any atom is -0.451 e. The van der Waals surface area contributed by atoms with Crippen molar-refractivity contribution in [3.05, 3.63) is 58.4 Å². The van der Waals surface area contributed by atoms with E-state index in [2.05, 4.69) is 10.3 Å². The Kier molecular flexibility index (Phi) is 5.71. The van der Waals surface area contributed by atoms with E-state index < -0.39 is 30.5 Å². The van der Waals surface area contributed by atoms with E-state index in [9.17, 15) is 19.5 Å². The van der Waals surface area contributed by atoms with Crippen LogP contribution >= 0.6 is 0 Å². The molecule has 0 unspecified atom stereocenters. The number of amides is 2. The predicted octanol–water partition coefficient (Wildman–Crippen LogP) is 1.80. The first-order valence-corrected chi connectivity index (χ1v) is 7.74. The van der Waals surface area contributed by atoms with E-state index in [-0.39, 0.29) is 5.69 Å². The Labute approximate surface area is 145 Å². The molecule has 0 saturated carbocycles. The summed E-state index contributed by atoms with van der Waals surface area (Å²) in [5.74, 6) is -2.02. The highest BCUT2D eigenvalue weighted by Crippen LogP contribution is 2.24. The molecule has 7 heteroatoms. The number of rotatable bonds is 5. The molecule has 0 aliphatic heterocycles. The third-order valence-corrected chi connectivity index (χ3v) is 3.74. The number of aliphatic hydroxyl groups is 1. The van der Waals surface area contributed by atoms with Gasteiger partial charge < -0.3 is 14.8 Å². The molecule has 3 N–H and O–H groups in total. The molecule has 0 aliphatic carbocycles. The van der Waals surface area contributed by atoms with Gasteiger partial charge in [0.25, 0.3) is 11.8 Å². The van der Waals surface area contributed by atoms with Crippen LogP contribution in [0.5, 0.6) is 0 Å². The van der Waals surface area contributed by atoms with E-state index in [1.165, 1.54) is 0 Å². The molecular weight excluding hydrogens is 324 g/mol. The van der Waals surface area contributed by atoms with Gasteiger partial charge in [-0.3, -0.25) is 14.9 Å². The lowest BCUT2D eigenvalue weighted by atomic mass is 10.1. The molecule has 0 aliphatic rings. The molecule has 0 saturated heterocycles. The molecule has 1 atom stereocenters. The van der Waals surface area contributed by atoms with Gasteiger partial charge in [-0.15, -0.1) is 0 Å². The number of hydrogen-bond acceptors (Lipinski definition) is 5. The molecular formula is C18H20N2O5. The van der Waals surface area contributed by atoms with E-state index in [1.807, 2.05) is 0 Å². The molecule has 0 spiro atoms. The Bertz CT molecular complexity index is 793. The molecule has 7 nitrogen and oxygen atoms in total. The molecule has 1 heterocycles.